The highest BCUT2D eigenvalue weighted by molar-refractivity contribution is 14.1. The minimum Gasteiger partial charge on any atom is -0.398 e. The van der Waals surface area contributed by atoms with Crippen molar-refractivity contribution in [3.05, 3.63) is 128 Å². The van der Waals surface area contributed by atoms with E-state index in [9.17, 15) is 23.2 Å². The molecule has 14 heteroatoms. The number of hydrogen-bond acceptors (Lipinski definition) is 7. The van der Waals surface area contributed by atoms with Gasteiger partial charge in [0.2, 0.25) is 0 Å². The monoisotopic (exact) mass is 947 g/mol. The summed E-state index contributed by atoms with van der Waals surface area (Å²) in [5.74, 6) is -0.558. The van der Waals surface area contributed by atoms with Crippen molar-refractivity contribution in [2.24, 2.45) is 16.6 Å². The van der Waals surface area contributed by atoms with Crippen LogP contribution in [0.3, 0.4) is 0 Å². The number of piperidine rings is 2. The van der Waals surface area contributed by atoms with E-state index in [1.165, 1.54) is 24.3 Å². The smallest absolute Gasteiger partial charge is 0.317 e. The van der Waals surface area contributed by atoms with Crippen molar-refractivity contribution < 1.29 is 24.5 Å². The molecule has 2 aliphatic heterocycles. The highest BCUT2D eigenvalue weighted by Crippen LogP contribution is 2.44. The molecule has 2 spiro atoms. The number of rotatable bonds is 3. The molecule has 2 heterocycles. The summed E-state index contributed by atoms with van der Waals surface area (Å²) in [5, 5.41) is 7.29. The van der Waals surface area contributed by atoms with Gasteiger partial charge in [0.25, 0.3) is 0 Å². The zero-order valence-electron chi connectivity index (χ0n) is 33.3. The number of amides is 2. The van der Waals surface area contributed by atoms with Crippen LogP contribution in [-0.4, -0.2) is 53.6 Å². The number of carbonyl (C=O) groups excluding carboxylic acids is 3. The van der Waals surface area contributed by atoms with Crippen molar-refractivity contribution in [2.75, 3.05) is 42.6 Å². The number of alkyl halides is 1. The highest BCUT2D eigenvalue weighted by Gasteiger charge is 2.42. The van der Waals surface area contributed by atoms with E-state index in [0.29, 0.717) is 76.5 Å². The Kier molecular flexibility index (Phi) is 15.4. The molecule has 0 bridgehead atoms. The lowest BCUT2D eigenvalue weighted by Crippen LogP contribution is -2.49. The van der Waals surface area contributed by atoms with E-state index in [1.807, 2.05) is 34.7 Å². The minimum absolute atomic E-state index is 0.00359. The van der Waals surface area contributed by atoms with Crippen molar-refractivity contribution in [3.63, 3.8) is 0 Å². The van der Waals surface area contributed by atoms with E-state index in [1.54, 1.807) is 41.3 Å². The predicted molar refractivity (Wildman–Crippen MR) is 238 cm³/mol. The molecule has 0 radical (unpaired) electrons. The number of anilines is 2. The first-order valence-electron chi connectivity index (χ1n) is 19.9. The predicted octanol–water partition coefficient (Wildman–Crippen LogP) is 8.94. The first-order chi connectivity index (χ1) is 28.2. The Morgan fingerprint density at radius 3 is 1.72 bits per heavy atom. The summed E-state index contributed by atoms with van der Waals surface area (Å²) in [6.07, 6.45) is 6.32. The molecule has 4 aromatic rings. The molecule has 0 aromatic heterocycles. The molecular weight excluding hydrogens is 896 g/mol. The number of hydrogen-bond donors (Lipinski definition) is 5. The van der Waals surface area contributed by atoms with E-state index in [0.717, 1.165) is 73.9 Å². The standard InChI is InChI=1S/C22H23ClFN3O2.C14H16FNO.C7H9ClN2.CH3I/c23-18-9-14(1-4-19(18)25)13-26-21(29)27-7-5-22(6-8-27)11-15-2-3-16(24)10-17(15)20(28)12-22;15-11-2-1-10-8-14(3-5-16-6-4-14)9-13(17)12(10)7-11;8-6-3-5(4-9)1-2-7(6)10;1-2/h1-4,9-10H,5-8,11-13,25H2,(H,26,29);1-2,7,16H,3-6,8-9H2;1-3H,4,9-10H2;1H3/i;;;1D. The molecule has 4 aliphatic rings. The van der Waals surface area contributed by atoms with Gasteiger partial charge >= 0.3 is 6.03 Å². The number of halogens is 5. The molecule has 310 valence electrons. The van der Waals surface area contributed by atoms with Gasteiger partial charge in [-0.25, -0.2) is 13.6 Å². The molecule has 2 saturated heterocycles. The van der Waals surface area contributed by atoms with E-state index >= 15 is 0 Å². The maximum atomic E-state index is 13.5. The van der Waals surface area contributed by atoms with Crippen molar-refractivity contribution in [3.8, 4) is 0 Å². The number of nitrogens with zero attached hydrogens (tertiary/aromatic N) is 1. The van der Waals surface area contributed by atoms with Crippen molar-refractivity contribution >= 4 is 74.8 Å². The maximum Gasteiger partial charge on any atom is 0.317 e. The Morgan fingerprint density at radius 1 is 0.776 bits per heavy atom. The Morgan fingerprint density at radius 2 is 1.24 bits per heavy atom. The zero-order valence-corrected chi connectivity index (χ0v) is 36.0. The number of Topliss-reactive ketones (excluding diaryl/α,β-unsaturated/α-hetero) is 2. The number of benzene rings is 4. The lowest BCUT2D eigenvalue weighted by Gasteiger charge is -2.44. The third-order valence-electron chi connectivity index (χ3n) is 11.5. The largest absolute Gasteiger partial charge is 0.398 e. The molecule has 0 saturated carbocycles. The minimum atomic E-state index is -0.373. The summed E-state index contributed by atoms with van der Waals surface area (Å²) >= 11 is 13.7. The van der Waals surface area contributed by atoms with Crippen LogP contribution in [0.4, 0.5) is 25.0 Å². The Balaban J connectivity index is 0.000000185. The first-order valence-corrected chi connectivity index (χ1v) is 21.5. The number of nitrogens with one attached hydrogen (secondary N) is 2. The quantitative estimate of drug-likeness (QED) is 0.0780. The lowest BCUT2D eigenvalue weighted by molar-refractivity contribution is 0.0734. The van der Waals surface area contributed by atoms with Crippen LogP contribution in [0.25, 0.3) is 0 Å². The van der Waals surface area contributed by atoms with Crippen LogP contribution in [0.15, 0.2) is 72.8 Å². The number of urea groups is 1. The van der Waals surface area contributed by atoms with Gasteiger partial charge in [0.15, 0.2) is 11.6 Å². The van der Waals surface area contributed by atoms with Gasteiger partial charge in [-0.15, -0.1) is 0 Å². The molecule has 2 aliphatic carbocycles. The van der Waals surface area contributed by atoms with E-state index in [2.05, 4.69) is 10.6 Å². The fourth-order valence-corrected chi connectivity index (χ4v) is 8.65. The number of carbonyl (C=O) groups is 3. The fraction of sp³-hybridized carbons (Fsp3) is 0.386. The van der Waals surface area contributed by atoms with Crippen molar-refractivity contribution in [1.29, 1.82) is 0 Å². The van der Waals surface area contributed by atoms with Crippen LogP contribution in [0, 0.1) is 22.5 Å². The van der Waals surface area contributed by atoms with Crippen LogP contribution >= 0.6 is 45.8 Å². The van der Waals surface area contributed by atoms with Crippen LogP contribution in [0.2, 0.25) is 10.0 Å². The second-order valence-corrected chi connectivity index (χ2v) is 16.3. The third-order valence-corrected chi connectivity index (χ3v) is 12.2. The van der Waals surface area contributed by atoms with Gasteiger partial charge in [0.05, 0.1) is 21.4 Å². The fourth-order valence-electron chi connectivity index (χ4n) is 8.25. The SMILES string of the molecule is NCc1ccc(N)c(Cl)c1.Nc1ccc(CNC(=O)N2CCC3(CC2)CC(=O)c2cc(F)ccc2C3)cc1Cl.O=C1CC2(CCNCC2)Cc2ccc(F)cc21.[2H]CI. The van der Waals surface area contributed by atoms with Gasteiger partial charge in [-0.3, -0.25) is 9.59 Å². The van der Waals surface area contributed by atoms with Crippen molar-refractivity contribution in [1.82, 2.24) is 15.5 Å². The van der Waals surface area contributed by atoms with E-state index < -0.39 is 0 Å². The molecule has 0 unspecified atom stereocenters. The number of ketones is 2. The second-order valence-electron chi connectivity index (χ2n) is 15.5. The summed E-state index contributed by atoms with van der Waals surface area (Å²) in [7, 11) is 0. The molecule has 9 nitrogen and oxygen atoms in total. The van der Waals surface area contributed by atoms with Crippen molar-refractivity contribution in [2.45, 2.75) is 64.5 Å². The van der Waals surface area contributed by atoms with Crippen LogP contribution in [0.1, 0.15) is 82.9 Å². The van der Waals surface area contributed by atoms with Gasteiger partial charge < -0.3 is 32.7 Å². The Bertz CT molecular complexity index is 2130. The first kappa shape index (κ1) is 43.8. The number of nitrogen functional groups attached to an aromatic ring is 2. The van der Waals surface area contributed by atoms with Crippen LogP contribution in [0.5, 0.6) is 0 Å². The molecule has 58 heavy (non-hydrogen) atoms. The summed E-state index contributed by atoms with van der Waals surface area (Å²) in [5.41, 5.74) is 22.6. The highest BCUT2D eigenvalue weighted by atomic mass is 127. The molecule has 0 atom stereocenters. The maximum absolute atomic E-state index is 13.5. The normalized spacial score (nSPS) is 17.6. The number of fused-ring (bicyclic) bond motifs is 2. The number of nitrogens with two attached hydrogens (primary N) is 3. The third kappa shape index (κ3) is 11.5. The van der Waals surface area contributed by atoms with Gasteiger partial charge in [-0.1, -0.05) is 70.1 Å². The van der Waals surface area contributed by atoms with Gasteiger partial charge in [0.1, 0.15) is 11.6 Å². The van der Waals surface area contributed by atoms with E-state index in [-0.39, 0.29) is 40.1 Å². The second kappa shape index (κ2) is 20.4. The van der Waals surface area contributed by atoms with Gasteiger partial charge in [0, 0.05) is 51.5 Å². The Labute approximate surface area is 364 Å². The topological polar surface area (TPSA) is 157 Å². The molecule has 2 fully saturated rings. The zero-order chi connectivity index (χ0) is 42.7. The van der Waals surface area contributed by atoms with Crippen LogP contribution in [-0.2, 0) is 25.9 Å². The number of likely N-dealkylation sites (tertiary alicyclic amines) is 1. The molecule has 4 aromatic carbocycles. The van der Waals surface area contributed by atoms with E-state index in [4.69, 9.17) is 41.8 Å². The van der Waals surface area contributed by atoms with Crippen LogP contribution < -0.4 is 27.8 Å². The van der Waals surface area contributed by atoms with Gasteiger partial charge in [-0.2, -0.15) is 0 Å². The summed E-state index contributed by atoms with van der Waals surface area (Å²) in [6.45, 7) is 4.04. The molecular formula is C44H51Cl2F2IN6O3. The Hall–Kier alpha value is -3.82. The summed E-state index contributed by atoms with van der Waals surface area (Å²) in [6, 6.07) is 19.7. The summed E-state index contributed by atoms with van der Waals surface area (Å²) in [4.78, 5) is 39.5. The summed E-state index contributed by atoms with van der Waals surface area (Å²) < 4.78 is 32.8. The average Bonchev–Trinajstić information content (AvgIpc) is 3.21. The molecule has 2 amide bonds. The average molecular weight is 949 g/mol. The molecule has 8 rings (SSSR count). The molecule has 8 N–H and O–H groups in total. The van der Waals surface area contributed by atoms with Gasteiger partial charge in [-0.05, 0) is 138 Å². The lowest BCUT2D eigenvalue weighted by atomic mass is 9.66.